The number of anilines is 1. The molecule has 3 unspecified atom stereocenters. The van der Waals surface area contributed by atoms with Gasteiger partial charge >= 0.3 is 4.87 Å². The van der Waals surface area contributed by atoms with E-state index in [1.807, 2.05) is 0 Å². The molecule has 2 fully saturated rings. The summed E-state index contributed by atoms with van der Waals surface area (Å²) in [6.45, 7) is 1.46. The van der Waals surface area contributed by atoms with Crippen molar-refractivity contribution < 1.29 is 33.5 Å². The zero-order valence-corrected chi connectivity index (χ0v) is 24.7. The average molecular weight is 627 g/mol. The highest BCUT2D eigenvalue weighted by Gasteiger charge is 2.57. The lowest BCUT2D eigenvalue weighted by Gasteiger charge is -2.31. The summed E-state index contributed by atoms with van der Waals surface area (Å²) < 4.78 is 17.6. The van der Waals surface area contributed by atoms with Crippen molar-refractivity contribution in [2.75, 3.05) is 45.4 Å². The molecule has 15 heteroatoms. The molecule has 2 aromatic carbocycles. The summed E-state index contributed by atoms with van der Waals surface area (Å²) in [6.07, 6.45) is 0. The second kappa shape index (κ2) is 11.5. The maximum Gasteiger partial charge on any atom is 0.308 e. The number of aromatic nitrogens is 1. The molecular weight excluding hydrogens is 600 g/mol. The monoisotopic (exact) mass is 626 g/mol. The van der Waals surface area contributed by atoms with E-state index in [1.165, 1.54) is 43.1 Å². The number of benzene rings is 2. The first kappa shape index (κ1) is 28.9. The van der Waals surface area contributed by atoms with Crippen molar-refractivity contribution in [3.8, 4) is 11.5 Å². The van der Waals surface area contributed by atoms with Crippen LogP contribution in [0.5, 0.6) is 11.5 Å². The van der Waals surface area contributed by atoms with Gasteiger partial charge < -0.3 is 19.1 Å². The summed E-state index contributed by atoms with van der Waals surface area (Å²) in [4.78, 5) is 68.0. The number of nitro groups is 1. The Balaban J connectivity index is 1.45. The lowest BCUT2D eigenvalue weighted by molar-refractivity contribution is -0.384. The molecule has 0 bridgehead atoms. The van der Waals surface area contributed by atoms with Gasteiger partial charge in [-0.2, -0.15) is 0 Å². The zero-order valence-electron chi connectivity index (χ0n) is 23.1. The second-order valence-electron chi connectivity index (χ2n) is 10.1. The third-order valence-corrected chi connectivity index (χ3v) is 10.4. The Bertz CT molecular complexity index is 1680. The van der Waals surface area contributed by atoms with Crippen LogP contribution in [-0.2, 0) is 25.7 Å². The fourth-order valence-corrected chi connectivity index (χ4v) is 8.46. The first-order valence-corrected chi connectivity index (χ1v) is 15.0. The Morgan fingerprint density at radius 3 is 2.37 bits per heavy atom. The van der Waals surface area contributed by atoms with Crippen molar-refractivity contribution >= 4 is 52.2 Å². The predicted molar refractivity (Wildman–Crippen MR) is 156 cm³/mol. The number of morpholine rings is 1. The van der Waals surface area contributed by atoms with Crippen molar-refractivity contribution in [1.82, 2.24) is 9.47 Å². The highest BCUT2D eigenvalue weighted by Crippen LogP contribution is 2.54. The molecule has 0 N–H and O–H groups in total. The van der Waals surface area contributed by atoms with E-state index in [0.29, 0.717) is 53.3 Å². The van der Waals surface area contributed by atoms with Crippen molar-refractivity contribution in [2.24, 2.45) is 5.92 Å². The second-order valence-corrected chi connectivity index (χ2v) is 12.2. The summed E-state index contributed by atoms with van der Waals surface area (Å²) in [5.41, 5.74) is 0.674. The van der Waals surface area contributed by atoms with Crippen molar-refractivity contribution in [2.45, 2.75) is 22.7 Å². The highest BCUT2D eigenvalue weighted by atomic mass is 32.2. The summed E-state index contributed by atoms with van der Waals surface area (Å²) in [5, 5.41) is 10.7. The number of amides is 3. The van der Waals surface area contributed by atoms with Crippen LogP contribution < -0.4 is 19.2 Å². The van der Waals surface area contributed by atoms with Gasteiger partial charge in [0.05, 0.1) is 49.0 Å². The molecule has 1 aromatic heterocycles. The van der Waals surface area contributed by atoms with Gasteiger partial charge in [-0.1, -0.05) is 29.2 Å². The van der Waals surface area contributed by atoms with Crippen molar-refractivity contribution in [1.29, 1.82) is 0 Å². The largest absolute Gasteiger partial charge is 0.493 e. The summed E-state index contributed by atoms with van der Waals surface area (Å²) in [5.74, 6) is -1.95. The molecule has 4 heterocycles. The topological polar surface area (TPSA) is 151 Å². The molecule has 0 radical (unpaired) electrons. The lowest BCUT2D eigenvalue weighted by atomic mass is 9.83. The Labute approximate surface area is 253 Å². The number of carbonyl (C=O) groups is 3. The van der Waals surface area contributed by atoms with E-state index < -0.39 is 33.8 Å². The molecule has 43 heavy (non-hydrogen) atoms. The molecule has 0 aliphatic carbocycles. The minimum absolute atomic E-state index is 0.172. The molecule has 3 atom stereocenters. The average Bonchev–Trinajstić information content (AvgIpc) is 3.47. The number of nitro benzene ring substituents is 1. The third-order valence-electron chi connectivity index (χ3n) is 7.79. The summed E-state index contributed by atoms with van der Waals surface area (Å²) in [6, 6.07) is 10.4. The van der Waals surface area contributed by atoms with Crippen LogP contribution in [0, 0.1) is 16.0 Å². The van der Waals surface area contributed by atoms with Crippen molar-refractivity contribution in [3.05, 3.63) is 72.7 Å². The number of ether oxygens (including phenoxy) is 3. The predicted octanol–water partition coefficient (Wildman–Crippen LogP) is 2.49. The molecule has 2 saturated heterocycles. The van der Waals surface area contributed by atoms with Crippen molar-refractivity contribution in [3.63, 3.8) is 0 Å². The van der Waals surface area contributed by atoms with E-state index in [9.17, 15) is 29.3 Å². The number of nitrogens with zero attached hydrogens (tertiary/aromatic N) is 4. The number of thioether (sulfide) groups is 1. The van der Waals surface area contributed by atoms with E-state index in [2.05, 4.69) is 0 Å². The Morgan fingerprint density at radius 2 is 1.72 bits per heavy atom. The van der Waals surface area contributed by atoms with E-state index >= 15 is 0 Å². The van der Waals surface area contributed by atoms with Gasteiger partial charge in [-0.25, -0.2) is 4.90 Å². The molecule has 0 saturated carbocycles. The minimum atomic E-state index is -0.910. The Kier molecular flexibility index (Phi) is 7.70. The van der Waals surface area contributed by atoms with Gasteiger partial charge in [0.2, 0.25) is 17.7 Å². The number of hydrogen-bond acceptors (Lipinski definition) is 11. The third kappa shape index (κ3) is 4.96. The van der Waals surface area contributed by atoms with Crippen LogP contribution in [0.2, 0.25) is 0 Å². The molecule has 3 aliphatic rings. The van der Waals surface area contributed by atoms with Gasteiger partial charge in [-0.05, 0) is 29.8 Å². The Morgan fingerprint density at radius 1 is 1.02 bits per heavy atom. The molecule has 0 spiro atoms. The first-order valence-electron chi connectivity index (χ1n) is 13.3. The molecule has 3 amide bonds. The van der Waals surface area contributed by atoms with Gasteiger partial charge in [0.15, 0.2) is 11.5 Å². The number of fused-ring (bicyclic) bond motifs is 2. The van der Waals surface area contributed by atoms with Crippen LogP contribution in [0.4, 0.5) is 11.4 Å². The molecular formula is C28H26N4O9S2. The van der Waals surface area contributed by atoms with Crippen LogP contribution in [-0.4, -0.2) is 77.9 Å². The zero-order chi connectivity index (χ0) is 30.4. The maximum atomic E-state index is 14.1. The summed E-state index contributed by atoms with van der Waals surface area (Å²) >= 11 is 2.05. The first-order chi connectivity index (χ1) is 20.7. The van der Waals surface area contributed by atoms with Gasteiger partial charge in [0.25, 0.3) is 5.69 Å². The van der Waals surface area contributed by atoms with Gasteiger partial charge in [-0.3, -0.25) is 33.9 Å². The van der Waals surface area contributed by atoms with E-state index in [-0.39, 0.29) is 28.7 Å². The van der Waals surface area contributed by atoms with Gasteiger partial charge in [0, 0.05) is 36.0 Å². The molecule has 224 valence electrons. The SMILES string of the molecule is COc1ccc(C2c3sc(=O)n(CC(=O)N4CCOCC4)c3SC3C(=O)N(c4ccc([N+](=O)[O-])cc4)C(=O)C32)cc1OC. The molecule has 3 aromatic rings. The van der Waals surface area contributed by atoms with Gasteiger partial charge in [-0.15, -0.1) is 0 Å². The number of non-ortho nitro benzene ring substituents is 1. The van der Waals surface area contributed by atoms with E-state index in [4.69, 9.17) is 14.2 Å². The van der Waals surface area contributed by atoms with Crippen LogP contribution in [0.3, 0.4) is 0 Å². The number of imide groups is 1. The molecule has 3 aliphatic heterocycles. The highest BCUT2D eigenvalue weighted by molar-refractivity contribution is 8.00. The fraction of sp³-hybridized carbons (Fsp3) is 0.357. The van der Waals surface area contributed by atoms with Crippen LogP contribution in [0.15, 0.2) is 52.3 Å². The summed E-state index contributed by atoms with van der Waals surface area (Å²) in [7, 11) is 2.99. The quantitative estimate of drug-likeness (QED) is 0.217. The smallest absolute Gasteiger partial charge is 0.308 e. The normalized spacial score (nSPS) is 21.4. The number of methoxy groups -OCH3 is 2. The van der Waals surface area contributed by atoms with E-state index in [1.54, 1.807) is 23.1 Å². The Hall–Kier alpha value is -4.21. The number of carbonyl (C=O) groups excluding carboxylic acids is 3. The number of rotatable bonds is 7. The molecule has 13 nitrogen and oxygen atoms in total. The number of thiazole rings is 1. The van der Waals surface area contributed by atoms with E-state index in [0.717, 1.165) is 28.0 Å². The fourth-order valence-electron chi connectivity index (χ4n) is 5.69. The maximum absolute atomic E-state index is 14.1. The minimum Gasteiger partial charge on any atom is -0.493 e. The lowest BCUT2D eigenvalue weighted by Crippen LogP contribution is -2.43. The van der Waals surface area contributed by atoms with Crippen LogP contribution in [0.1, 0.15) is 16.4 Å². The van der Waals surface area contributed by atoms with Crippen LogP contribution in [0.25, 0.3) is 0 Å². The van der Waals surface area contributed by atoms with Crippen LogP contribution >= 0.6 is 23.1 Å². The molecule has 6 rings (SSSR count). The number of hydrogen-bond donors (Lipinski definition) is 0. The van der Waals surface area contributed by atoms with Gasteiger partial charge in [0.1, 0.15) is 11.8 Å². The standard InChI is InChI=1S/C28H26N4O9S2/c1-39-18-8-3-15(13-19(18)40-2)21-22-23(26(35)31(25(22)34)16-4-6-17(7-5-16)32(37)38)42-27-24(21)43-28(36)30(27)14-20(33)29-9-11-41-12-10-29/h3-8,13,21-23H,9-12,14H2,1-2H3.